The summed E-state index contributed by atoms with van der Waals surface area (Å²) in [6.45, 7) is 12.5. The summed E-state index contributed by atoms with van der Waals surface area (Å²) < 4.78 is 12.3. The number of carbonyl (C=O) groups excluding carboxylic acids is 1. The molecule has 4 aliphatic rings. The minimum absolute atomic E-state index is 0.0103. The zero-order valence-corrected chi connectivity index (χ0v) is 20.4. The summed E-state index contributed by atoms with van der Waals surface area (Å²) in [6.07, 6.45) is 8.56. The van der Waals surface area contributed by atoms with Crippen LogP contribution in [0.3, 0.4) is 0 Å². The minimum Gasteiger partial charge on any atom is -0.488 e. The Morgan fingerprint density at radius 2 is 1.48 bits per heavy atom. The van der Waals surface area contributed by atoms with E-state index in [-0.39, 0.29) is 17.7 Å². The minimum atomic E-state index is -0.476. The van der Waals surface area contributed by atoms with Gasteiger partial charge in [-0.1, -0.05) is 19.1 Å². The summed E-state index contributed by atoms with van der Waals surface area (Å²) >= 11 is 0. The van der Waals surface area contributed by atoms with E-state index in [9.17, 15) is 4.79 Å². The quantitative estimate of drug-likeness (QED) is 0.435. The van der Waals surface area contributed by atoms with Crippen molar-refractivity contribution in [2.24, 2.45) is 29.1 Å². The maximum atomic E-state index is 13.3. The Bertz CT molecular complexity index is 742. The third kappa shape index (κ3) is 5.12. The third-order valence-corrected chi connectivity index (χ3v) is 7.96. The lowest BCUT2D eigenvalue weighted by Gasteiger charge is -2.53. The fourth-order valence-corrected chi connectivity index (χ4v) is 6.71. The lowest BCUT2D eigenvalue weighted by molar-refractivity contribution is -0.181. The molecule has 1 aromatic carbocycles. The van der Waals surface area contributed by atoms with E-state index >= 15 is 0 Å². The van der Waals surface area contributed by atoms with E-state index < -0.39 is 5.41 Å². The molecule has 0 amide bonds. The molecule has 0 heterocycles. The summed E-state index contributed by atoms with van der Waals surface area (Å²) in [6, 6.07) is 8.44. The molecule has 0 radical (unpaired) electrons. The van der Waals surface area contributed by atoms with Gasteiger partial charge in [-0.15, -0.1) is 0 Å². The molecule has 1 unspecified atom stereocenters. The fraction of sp³-hybridized carbons (Fsp3) is 0.750. The van der Waals surface area contributed by atoms with Crippen LogP contribution in [-0.2, 0) is 9.53 Å². The Kier molecular flexibility index (Phi) is 6.18. The topological polar surface area (TPSA) is 35.5 Å². The molecular formula is C28H42O3. The molecule has 0 spiro atoms. The first kappa shape index (κ1) is 22.7. The smallest absolute Gasteiger partial charge is 0.311 e. The number of carbonyl (C=O) groups is 1. The van der Waals surface area contributed by atoms with Gasteiger partial charge in [0.15, 0.2) is 0 Å². The van der Waals surface area contributed by atoms with Gasteiger partial charge in [0.05, 0.1) is 5.41 Å². The van der Waals surface area contributed by atoms with Crippen molar-refractivity contribution in [3.05, 3.63) is 29.8 Å². The van der Waals surface area contributed by atoms with Crippen LogP contribution >= 0.6 is 0 Å². The lowest BCUT2D eigenvalue weighted by Crippen LogP contribution is -2.51. The van der Waals surface area contributed by atoms with Crippen molar-refractivity contribution in [2.45, 2.75) is 104 Å². The maximum absolute atomic E-state index is 13.3. The Morgan fingerprint density at radius 1 is 0.935 bits per heavy atom. The van der Waals surface area contributed by atoms with Crippen molar-refractivity contribution in [1.29, 1.82) is 0 Å². The average Bonchev–Trinajstić information content (AvgIpc) is 2.67. The average molecular weight is 427 g/mol. The summed E-state index contributed by atoms with van der Waals surface area (Å²) in [5.74, 6) is 4.29. The van der Waals surface area contributed by atoms with Gasteiger partial charge in [-0.2, -0.15) is 0 Å². The molecule has 4 saturated carbocycles. The van der Waals surface area contributed by atoms with Crippen LogP contribution in [0.2, 0.25) is 0 Å². The zero-order chi connectivity index (χ0) is 22.4. The Balaban J connectivity index is 1.39. The van der Waals surface area contributed by atoms with E-state index in [0.717, 1.165) is 30.4 Å². The standard InChI is InChI=1S/C28H42O3/c1-7-20(21-8-10-24(11-9-21)31-27(2,3)4)17-28(5,6)26(29)30-25-22-13-18-12-19(15-22)16-23(25)14-18/h8-11,18-20,22-23,25H,7,12-17H2,1-6H3. The van der Waals surface area contributed by atoms with Gasteiger partial charge in [0.25, 0.3) is 0 Å². The molecule has 0 aromatic heterocycles. The van der Waals surface area contributed by atoms with Crippen LogP contribution in [0.1, 0.15) is 98.0 Å². The second-order valence-corrected chi connectivity index (χ2v) is 12.3. The number of hydrogen-bond acceptors (Lipinski definition) is 3. The van der Waals surface area contributed by atoms with E-state index in [4.69, 9.17) is 9.47 Å². The Hall–Kier alpha value is -1.51. The van der Waals surface area contributed by atoms with Crippen molar-refractivity contribution >= 4 is 5.97 Å². The molecule has 172 valence electrons. The number of benzene rings is 1. The van der Waals surface area contributed by atoms with E-state index in [1.54, 1.807) is 0 Å². The van der Waals surface area contributed by atoms with E-state index in [1.165, 1.54) is 37.7 Å². The molecule has 1 aromatic rings. The predicted molar refractivity (Wildman–Crippen MR) is 125 cm³/mol. The van der Waals surface area contributed by atoms with Crippen LogP contribution in [0.4, 0.5) is 0 Å². The first-order valence-corrected chi connectivity index (χ1v) is 12.5. The molecule has 1 atom stereocenters. The molecule has 31 heavy (non-hydrogen) atoms. The fourth-order valence-electron chi connectivity index (χ4n) is 6.71. The molecule has 0 aliphatic heterocycles. The van der Waals surface area contributed by atoms with E-state index in [0.29, 0.717) is 17.8 Å². The maximum Gasteiger partial charge on any atom is 0.311 e. The van der Waals surface area contributed by atoms with Crippen LogP contribution in [0.25, 0.3) is 0 Å². The van der Waals surface area contributed by atoms with Gasteiger partial charge in [0, 0.05) is 0 Å². The van der Waals surface area contributed by atoms with Gasteiger partial charge >= 0.3 is 5.97 Å². The lowest BCUT2D eigenvalue weighted by atomic mass is 9.55. The third-order valence-electron chi connectivity index (χ3n) is 7.96. The molecule has 4 aliphatic carbocycles. The van der Waals surface area contributed by atoms with Crippen molar-refractivity contribution in [1.82, 2.24) is 0 Å². The van der Waals surface area contributed by atoms with Gasteiger partial charge in [0.2, 0.25) is 0 Å². The molecular weight excluding hydrogens is 384 g/mol. The summed E-state index contributed by atoms with van der Waals surface area (Å²) in [5, 5.41) is 0. The second kappa shape index (κ2) is 8.45. The zero-order valence-electron chi connectivity index (χ0n) is 20.4. The monoisotopic (exact) mass is 426 g/mol. The first-order chi connectivity index (χ1) is 14.5. The summed E-state index contributed by atoms with van der Waals surface area (Å²) in [4.78, 5) is 13.3. The van der Waals surface area contributed by atoms with Gasteiger partial charge < -0.3 is 9.47 Å². The van der Waals surface area contributed by atoms with Crippen LogP contribution in [0, 0.1) is 29.1 Å². The van der Waals surface area contributed by atoms with Crippen LogP contribution in [0.15, 0.2) is 24.3 Å². The van der Waals surface area contributed by atoms with Crippen molar-refractivity contribution in [2.75, 3.05) is 0 Å². The molecule has 4 bridgehead atoms. The number of ether oxygens (including phenoxy) is 2. The van der Waals surface area contributed by atoms with Crippen molar-refractivity contribution < 1.29 is 14.3 Å². The summed E-state index contributed by atoms with van der Waals surface area (Å²) in [7, 11) is 0. The second-order valence-electron chi connectivity index (χ2n) is 12.3. The summed E-state index contributed by atoms with van der Waals surface area (Å²) in [5.41, 5.74) is 0.602. The highest BCUT2D eigenvalue weighted by molar-refractivity contribution is 5.76. The van der Waals surface area contributed by atoms with Gasteiger partial charge in [-0.25, -0.2) is 0 Å². The van der Waals surface area contributed by atoms with E-state index in [1.807, 2.05) is 0 Å². The molecule has 0 saturated heterocycles. The molecule has 5 rings (SSSR count). The largest absolute Gasteiger partial charge is 0.488 e. The first-order valence-electron chi connectivity index (χ1n) is 12.5. The van der Waals surface area contributed by atoms with E-state index in [2.05, 4.69) is 65.8 Å². The van der Waals surface area contributed by atoms with Gasteiger partial charge in [-0.05, 0) is 127 Å². The number of esters is 1. The number of hydrogen-bond donors (Lipinski definition) is 0. The molecule has 4 fully saturated rings. The SMILES string of the molecule is CCC(CC(C)(C)C(=O)OC1C2CC3CC(C2)CC1C3)c1ccc(OC(C)(C)C)cc1. The van der Waals surface area contributed by atoms with Crippen LogP contribution in [-0.4, -0.2) is 17.7 Å². The molecule has 3 nitrogen and oxygen atoms in total. The highest BCUT2D eigenvalue weighted by Gasteiger charge is 2.50. The van der Waals surface area contributed by atoms with Gasteiger partial charge in [-0.3, -0.25) is 4.79 Å². The molecule has 3 heteroatoms. The highest BCUT2D eigenvalue weighted by Crippen LogP contribution is 2.55. The Labute approximate surface area is 189 Å². The van der Waals surface area contributed by atoms with Crippen molar-refractivity contribution in [3.8, 4) is 5.75 Å². The van der Waals surface area contributed by atoms with Gasteiger partial charge in [0.1, 0.15) is 17.5 Å². The van der Waals surface area contributed by atoms with Crippen LogP contribution in [0.5, 0.6) is 5.75 Å². The normalized spacial score (nSPS) is 30.8. The van der Waals surface area contributed by atoms with Crippen molar-refractivity contribution in [3.63, 3.8) is 0 Å². The number of rotatable bonds is 7. The molecule has 0 N–H and O–H groups in total. The Morgan fingerprint density at radius 3 is 1.97 bits per heavy atom. The highest BCUT2D eigenvalue weighted by atomic mass is 16.5. The van der Waals surface area contributed by atoms with Crippen LogP contribution < -0.4 is 4.74 Å². The predicted octanol–water partition coefficient (Wildman–Crippen LogP) is 7.14.